The molecule has 0 aliphatic heterocycles. The quantitative estimate of drug-likeness (QED) is 0.346. The first kappa shape index (κ1) is 21.3. The summed E-state index contributed by atoms with van der Waals surface area (Å²) in [5.41, 5.74) is 2.30. The van der Waals surface area contributed by atoms with E-state index in [2.05, 4.69) is 29.1 Å². The van der Waals surface area contributed by atoms with Gasteiger partial charge in [-0.1, -0.05) is 56.4 Å². The molecule has 1 aromatic carbocycles. The predicted octanol–water partition coefficient (Wildman–Crippen LogP) is 5.28. The van der Waals surface area contributed by atoms with Gasteiger partial charge < -0.3 is 9.64 Å². The van der Waals surface area contributed by atoms with E-state index in [-0.39, 0.29) is 0 Å². The fourth-order valence-electron chi connectivity index (χ4n) is 2.28. The number of benzene rings is 1. The van der Waals surface area contributed by atoms with E-state index in [9.17, 15) is 0 Å². The van der Waals surface area contributed by atoms with E-state index in [0.717, 1.165) is 42.2 Å². The van der Waals surface area contributed by atoms with Crippen LogP contribution in [0.3, 0.4) is 0 Å². The van der Waals surface area contributed by atoms with Gasteiger partial charge in [-0.3, -0.25) is 0 Å². The Hall–Kier alpha value is -1.78. The van der Waals surface area contributed by atoms with Crippen LogP contribution in [0.15, 0.2) is 48.7 Å². The van der Waals surface area contributed by atoms with Crippen LogP contribution in [-0.4, -0.2) is 30.0 Å². The molecule has 4 heteroatoms. The van der Waals surface area contributed by atoms with Gasteiger partial charge in [-0.15, -0.1) is 0 Å². The van der Waals surface area contributed by atoms with E-state index < -0.39 is 0 Å². The topological polar surface area (TPSA) is 25.4 Å². The van der Waals surface area contributed by atoms with Crippen LogP contribution in [0, 0.1) is 0 Å². The number of anilines is 1. The molecular formula is C21H30N2OS. The standard InChI is InChI=1S/C19H24N2OS.C2H6/c1-16(23)18-10-11-20-19(14-18)21(2)12-6-7-13-22-15-17-8-4-3-5-9-17;1-2/h3-5,8-11,14H,6-7,12-13,15H2,1-2H3;1-2H3. The molecule has 0 aliphatic rings. The maximum atomic E-state index is 5.71. The minimum Gasteiger partial charge on any atom is -0.377 e. The smallest absolute Gasteiger partial charge is 0.128 e. The van der Waals surface area contributed by atoms with Crippen LogP contribution in [0.25, 0.3) is 0 Å². The molecule has 25 heavy (non-hydrogen) atoms. The first-order valence-corrected chi connectivity index (χ1v) is 9.37. The third kappa shape index (κ3) is 8.23. The molecule has 0 fully saturated rings. The summed E-state index contributed by atoms with van der Waals surface area (Å²) in [4.78, 5) is 7.48. The fourth-order valence-corrected chi connectivity index (χ4v) is 2.41. The summed E-state index contributed by atoms with van der Waals surface area (Å²) in [6.07, 6.45) is 3.94. The second-order valence-corrected chi connectivity index (χ2v) is 6.24. The Morgan fingerprint density at radius 3 is 2.52 bits per heavy atom. The molecule has 1 heterocycles. The number of nitrogens with zero attached hydrogens (tertiary/aromatic N) is 2. The average Bonchev–Trinajstić information content (AvgIpc) is 2.67. The fraction of sp³-hybridized carbons (Fsp3) is 0.429. The van der Waals surface area contributed by atoms with Gasteiger partial charge in [-0.2, -0.15) is 0 Å². The predicted molar refractivity (Wildman–Crippen MR) is 112 cm³/mol. The van der Waals surface area contributed by atoms with Crippen molar-refractivity contribution in [3.63, 3.8) is 0 Å². The van der Waals surface area contributed by atoms with Gasteiger partial charge in [0.1, 0.15) is 5.82 Å². The van der Waals surface area contributed by atoms with Crippen molar-refractivity contribution in [2.24, 2.45) is 0 Å². The second kappa shape index (κ2) is 12.6. The van der Waals surface area contributed by atoms with Crippen molar-refractivity contribution in [2.75, 3.05) is 25.1 Å². The molecule has 0 spiro atoms. The lowest BCUT2D eigenvalue weighted by Gasteiger charge is -2.18. The zero-order valence-electron chi connectivity index (χ0n) is 15.9. The first-order valence-electron chi connectivity index (χ1n) is 8.96. The second-order valence-electron chi connectivity index (χ2n) is 5.63. The maximum Gasteiger partial charge on any atom is 0.128 e. The molecule has 0 amide bonds. The van der Waals surface area contributed by atoms with Gasteiger partial charge in [0, 0.05) is 31.3 Å². The van der Waals surface area contributed by atoms with E-state index in [1.807, 2.05) is 57.3 Å². The number of unbranched alkanes of at least 4 members (excludes halogenated alkanes) is 1. The van der Waals surface area contributed by atoms with Crippen molar-refractivity contribution >= 4 is 22.9 Å². The van der Waals surface area contributed by atoms with Crippen molar-refractivity contribution in [3.8, 4) is 0 Å². The Morgan fingerprint density at radius 2 is 1.84 bits per heavy atom. The van der Waals surface area contributed by atoms with Crippen molar-refractivity contribution in [3.05, 3.63) is 59.8 Å². The van der Waals surface area contributed by atoms with Gasteiger partial charge in [0.2, 0.25) is 0 Å². The molecule has 136 valence electrons. The summed E-state index contributed by atoms with van der Waals surface area (Å²) >= 11 is 5.22. The van der Waals surface area contributed by atoms with Crippen LogP contribution in [0.2, 0.25) is 0 Å². The first-order chi connectivity index (χ1) is 12.2. The molecule has 1 aromatic heterocycles. The van der Waals surface area contributed by atoms with Gasteiger partial charge in [-0.25, -0.2) is 4.98 Å². The molecule has 2 aromatic rings. The highest BCUT2D eigenvalue weighted by molar-refractivity contribution is 7.80. The van der Waals surface area contributed by atoms with Crippen LogP contribution in [0.4, 0.5) is 5.82 Å². The summed E-state index contributed by atoms with van der Waals surface area (Å²) in [7, 11) is 2.07. The molecule has 0 saturated heterocycles. The Labute approximate surface area is 158 Å². The summed E-state index contributed by atoms with van der Waals surface area (Å²) in [5, 5.41) is 0. The molecule has 3 nitrogen and oxygen atoms in total. The Bertz CT molecular complexity index is 616. The molecule has 0 unspecified atom stereocenters. The van der Waals surface area contributed by atoms with Gasteiger partial charge in [0.15, 0.2) is 0 Å². The Morgan fingerprint density at radius 1 is 1.12 bits per heavy atom. The lowest BCUT2D eigenvalue weighted by atomic mass is 10.2. The Balaban J connectivity index is 0.00000151. The number of hydrogen-bond acceptors (Lipinski definition) is 4. The van der Waals surface area contributed by atoms with E-state index in [1.165, 1.54) is 5.56 Å². The highest BCUT2D eigenvalue weighted by Crippen LogP contribution is 2.13. The van der Waals surface area contributed by atoms with E-state index in [4.69, 9.17) is 17.0 Å². The molecule has 2 rings (SSSR count). The highest BCUT2D eigenvalue weighted by atomic mass is 32.1. The number of rotatable bonds is 9. The zero-order valence-corrected chi connectivity index (χ0v) is 16.7. The number of hydrogen-bond donors (Lipinski definition) is 0. The van der Waals surface area contributed by atoms with Gasteiger partial charge in [0.25, 0.3) is 0 Å². The zero-order chi connectivity index (χ0) is 18.5. The SMILES string of the molecule is CC.CC(=S)c1ccnc(N(C)CCCCOCc2ccccc2)c1. The minimum atomic E-state index is 0.689. The lowest BCUT2D eigenvalue weighted by Crippen LogP contribution is -2.20. The van der Waals surface area contributed by atoms with E-state index in [1.54, 1.807) is 0 Å². The van der Waals surface area contributed by atoms with Gasteiger partial charge in [-0.05, 0) is 43.0 Å². The average molecular weight is 359 g/mol. The minimum absolute atomic E-state index is 0.689. The van der Waals surface area contributed by atoms with Gasteiger partial charge in [0.05, 0.1) is 6.61 Å². The summed E-state index contributed by atoms with van der Waals surface area (Å²) in [6.45, 7) is 8.38. The van der Waals surface area contributed by atoms with E-state index in [0.29, 0.717) is 6.61 Å². The number of thiocarbonyl (C=S) groups is 1. The largest absolute Gasteiger partial charge is 0.377 e. The van der Waals surface area contributed by atoms with Crippen molar-refractivity contribution in [2.45, 2.75) is 40.2 Å². The molecular weight excluding hydrogens is 328 g/mol. The molecule has 0 atom stereocenters. The van der Waals surface area contributed by atoms with Crippen LogP contribution in [0.5, 0.6) is 0 Å². The number of aromatic nitrogens is 1. The monoisotopic (exact) mass is 358 g/mol. The van der Waals surface area contributed by atoms with Crippen molar-refractivity contribution in [1.82, 2.24) is 4.98 Å². The third-order valence-corrected chi connectivity index (χ3v) is 3.92. The maximum absolute atomic E-state index is 5.71. The van der Waals surface area contributed by atoms with Crippen molar-refractivity contribution in [1.29, 1.82) is 0 Å². The molecule has 0 bridgehead atoms. The lowest BCUT2D eigenvalue weighted by molar-refractivity contribution is 0.117. The van der Waals surface area contributed by atoms with Crippen molar-refractivity contribution < 1.29 is 4.74 Å². The number of ether oxygens (including phenoxy) is 1. The van der Waals surface area contributed by atoms with Gasteiger partial charge >= 0.3 is 0 Å². The van der Waals surface area contributed by atoms with Crippen LogP contribution < -0.4 is 4.90 Å². The highest BCUT2D eigenvalue weighted by Gasteiger charge is 2.04. The summed E-state index contributed by atoms with van der Waals surface area (Å²) in [6, 6.07) is 14.3. The molecule has 0 N–H and O–H groups in total. The molecule has 0 radical (unpaired) electrons. The molecule has 0 aliphatic carbocycles. The van der Waals surface area contributed by atoms with Crippen LogP contribution >= 0.6 is 12.2 Å². The summed E-state index contributed by atoms with van der Waals surface area (Å²) in [5.74, 6) is 0.969. The van der Waals surface area contributed by atoms with E-state index >= 15 is 0 Å². The number of pyridine rings is 1. The summed E-state index contributed by atoms with van der Waals surface area (Å²) < 4.78 is 5.71. The normalized spacial score (nSPS) is 9.92. The third-order valence-electron chi connectivity index (χ3n) is 3.69. The Kier molecular flexibility index (Phi) is 10.7. The van der Waals surface area contributed by atoms with Crippen LogP contribution in [-0.2, 0) is 11.3 Å². The van der Waals surface area contributed by atoms with Crippen LogP contribution in [0.1, 0.15) is 44.7 Å². The molecule has 0 saturated carbocycles.